The highest BCUT2D eigenvalue weighted by molar-refractivity contribution is 4.89. The summed E-state index contributed by atoms with van der Waals surface area (Å²) in [6.07, 6.45) is 19.7. The molecule has 4 rings (SSSR count). The molecule has 6 unspecified atom stereocenters. The van der Waals surface area contributed by atoms with Gasteiger partial charge >= 0.3 is 0 Å². The molecule has 1 heterocycles. The van der Waals surface area contributed by atoms with E-state index in [4.69, 9.17) is 9.47 Å². The van der Waals surface area contributed by atoms with Gasteiger partial charge in [0.2, 0.25) is 0 Å². The Morgan fingerprint density at radius 3 is 2.33 bits per heavy atom. The summed E-state index contributed by atoms with van der Waals surface area (Å²) >= 11 is 0. The van der Waals surface area contributed by atoms with E-state index in [0.717, 1.165) is 51.6 Å². The topological polar surface area (TPSA) is 74.2 Å². The van der Waals surface area contributed by atoms with Gasteiger partial charge in [-0.2, -0.15) is 0 Å². The van der Waals surface area contributed by atoms with Crippen LogP contribution in [0.4, 0.5) is 0 Å². The highest BCUT2D eigenvalue weighted by atomic mass is 16.7. The van der Waals surface area contributed by atoms with Crippen molar-refractivity contribution in [1.82, 2.24) is 10.2 Å². The Kier molecular flexibility index (Phi) is 11.4. The van der Waals surface area contributed by atoms with Crippen LogP contribution in [0, 0.1) is 17.8 Å². The third kappa shape index (κ3) is 7.66. The van der Waals surface area contributed by atoms with Crippen LogP contribution in [0.1, 0.15) is 116 Å². The van der Waals surface area contributed by atoms with Crippen LogP contribution in [-0.2, 0) is 9.47 Å². The molecule has 0 aromatic rings. The minimum absolute atomic E-state index is 0.238. The SMILES string of the molecule is CCC(O)(CCNCCC(CC(O)N(C)C1CCCCC1)C1CCC2OCOC2C1)C1CCCCC1. The van der Waals surface area contributed by atoms with Gasteiger partial charge in [-0.1, -0.05) is 45.4 Å². The second-order valence-electron chi connectivity index (χ2n) is 12.6. The van der Waals surface area contributed by atoms with Gasteiger partial charge in [0.25, 0.3) is 0 Å². The van der Waals surface area contributed by atoms with Gasteiger partial charge in [0.05, 0.1) is 17.8 Å². The first-order chi connectivity index (χ1) is 17.5. The average Bonchev–Trinajstić information content (AvgIpc) is 3.40. The number of fused-ring (bicyclic) bond motifs is 1. The third-order valence-electron chi connectivity index (χ3n) is 10.5. The van der Waals surface area contributed by atoms with Crippen LogP contribution in [-0.4, -0.2) is 72.1 Å². The molecular formula is C30H56N2O4. The fourth-order valence-corrected chi connectivity index (χ4v) is 7.88. The molecule has 0 amide bonds. The Balaban J connectivity index is 1.28. The van der Waals surface area contributed by atoms with Crippen molar-refractivity contribution in [1.29, 1.82) is 0 Å². The monoisotopic (exact) mass is 508 g/mol. The van der Waals surface area contributed by atoms with Crippen LogP contribution < -0.4 is 5.32 Å². The highest BCUT2D eigenvalue weighted by Crippen LogP contribution is 2.40. The van der Waals surface area contributed by atoms with Crippen LogP contribution in [0.5, 0.6) is 0 Å². The first-order valence-electron chi connectivity index (χ1n) is 15.6. The van der Waals surface area contributed by atoms with Crippen molar-refractivity contribution in [3.63, 3.8) is 0 Å². The fourth-order valence-electron chi connectivity index (χ4n) is 7.88. The Labute approximate surface area is 220 Å². The quantitative estimate of drug-likeness (QED) is 0.234. The molecule has 6 atom stereocenters. The van der Waals surface area contributed by atoms with Gasteiger partial charge in [-0.15, -0.1) is 0 Å². The summed E-state index contributed by atoms with van der Waals surface area (Å²) in [6.45, 7) is 4.43. The predicted molar refractivity (Wildman–Crippen MR) is 145 cm³/mol. The summed E-state index contributed by atoms with van der Waals surface area (Å²) in [5.41, 5.74) is -0.510. The van der Waals surface area contributed by atoms with Crippen molar-refractivity contribution in [2.45, 2.75) is 146 Å². The van der Waals surface area contributed by atoms with E-state index in [-0.39, 0.29) is 18.4 Å². The van der Waals surface area contributed by atoms with E-state index in [2.05, 4.69) is 24.2 Å². The summed E-state index contributed by atoms with van der Waals surface area (Å²) in [7, 11) is 2.14. The largest absolute Gasteiger partial charge is 0.390 e. The smallest absolute Gasteiger partial charge is 0.147 e. The van der Waals surface area contributed by atoms with Crippen molar-refractivity contribution in [2.24, 2.45) is 17.8 Å². The second-order valence-corrected chi connectivity index (χ2v) is 12.6. The molecule has 0 spiro atoms. The summed E-state index contributed by atoms with van der Waals surface area (Å²) in [5, 5.41) is 26.3. The number of rotatable bonds is 13. The van der Waals surface area contributed by atoms with E-state index < -0.39 is 5.60 Å². The Hall–Kier alpha value is -0.240. The van der Waals surface area contributed by atoms with E-state index in [1.807, 2.05) is 0 Å². The molecule has 0 aromatic carbocycles. The molecule has 3 saturated carbocycles. The molecule has 3 aliphatic carbocycles. The van der Waals surface area contributed by atoms with Gasteiger partial charge in [-0.3, -0.25) is 4.90 Å². The lowest BCUT2D eigenvalue weighted by molar-refractivity contribution is -0.0451. The number of aliphatic hydroxyl groups excluding tert-OH is 1. The molecule has 0 bridgehead atoms. The van der Waals surface area contributed by atoms with Crippen molar-refractivity contribution in [3.8, 4) is 0 Å². The lowest BCUT2D eigenvalue weighted by Crippen LogP contribution is -2.44. The number of ether oxygens (including phenoxy) is 2. The Morgan fingerprint density at radius 1 is 0.917 bits per heavy atom. The van der Waals surface area contributed by atoms with Gasteiger partial charge < -0.3 is 25.0 Å². The number of nitrogens with one attached hydrogen (secondary N) is 1. The normalized spacial score (nSPS) is 31.8. The summed E-state index contributed by atoms with van der Waals surface area (Å²) in [6, 6.07) is 0.529. The number of nitrogens with zero attached hydrogens (tertiary/aromatic N) is 1. The van der Waals surface area contributed by atoms with Crippen molar-refractivity contribution >= 4 is 0 Å². The molecule has 3 N–H and O–H groups in total. The van der Waals surface area contributed by atoms with E-state index in [1.54, 1.807) is 0 Å². The van der Waals surface area contributed by atoms with E-state index in [0.29, 0.717) is 30.6 Å². The Morgan fingerprint density at radius 2 is 1.61 bits per heavy atom. The second kappa shape index (κ2) is 14.2. The number of hydrogen-bond acceptors (Lipinski definition) is 6. The molecule has 1 saturated heterocycles. The van der Waals surface area contributed by atoms with Crippen LogP contribution in [0.15, 0.2) is 0 Å². The van der Waals surface area contributed by atoms with Gasteiger partial charge in [0.1, 0.15) is 13.0 Å². The first-order valence-corrected chi connectivity index (χ1v) is 15.6. The number of hydrogen-bond donors (Lipinski definition) is 3. The van der Waals surface area contributed by atoms with Crippen LogP contribution in [0.25, 0.3) is 0 Å². The lowest BCUT2D eigenvalue weighted by Gasteiger charge is -2.40. The first kappa shape index (κ1) is 28.8. The highest BCUT2D eigenvalue weighted by Gasteiger charge is 2.40. The third-order valence-corrected chi connectivity index (χ3v) is 10.5. The predicted octanol–water partition coefficient (Wildman–Crippen LogP) is 5.21. The van der Waals surface area contributed by atoms with Gasteiger partial charge in [-0.05, 0) is 109 Å². The molecule has 0 aromatic heterocycles. The maximum absolute atomic E-state index is 11.3. The summed E-state index contributed by atoms with van der Waals surface area (Å²) in [5.74, 6) is 1.53. The summed E-state index contributed by atoms with van der Waals surface area (Å²) in [4.78, 5) is 2.27. The van der Waals surface area contributed by atoms with Crippen molar-refractivity contribution in [2.75, 3.05) is 26.9 Å². The molecule has 0 radical (unpaired) electrons. The Bertz CT molecular complexity index is 624. The standard InChI is InChI=1S/C30H56N2O4/c1-3-30(34,25-10-6-4-7-11-25)17-19-31-18-16-24(23-14-15-27-28(20-23)36-22-35-27)21-29(33)32(2)26-12-8-5-9-13-26/h23-29,31,33-34H,3-22H2,1-2H3. The van der Waals surface area contributed by atoms with Crippen LogP contribution in [0.3, 0.4) is 0 Å². The number of aliphatic hydroxyl groups is 2. The molecule has 36 heavy (non-hydrogen) atoms. The maximum atomic E-state index is 11.3. The minimum Gasteiger partial charge on any atom is -0.390 e. The van der Waals surface area contributed by atoms with Gasteiger partial charge in [0, 0.05) is 6.04 Å². The summed E-state index contributed by atoms with van der Waals surface area (Å²) < 4.78 is 11.7. The fraction of sp³-hybridized carbons (Fsp3) is 1.00. The van der Waals surface area contributed by atoms with Gasteiger partial charge in [-0.25, -0.2) is 0 Å². The minimum atomic E-state index is -0.510. The van der Waals surface area contributed by atoms with Gasteiger partial charge in [0.15, 0.2) is 0 Å². The molecule has 4 fully saturated rings. The molecule has 6 heteroatoms. The maximum Gasteiger partial charge on any atom is 0.147 e. The molecule has 4 aliphatic rings. The molecule has 6 nitrogen and oxygen atoms in total. The van der Waals surface area contributed by atoms with Crippen molar-refractivity contribution in [3.05, 3.63) is 0 Å². The van der Waals surface area contributed by atoms with E-state index >= 15 is 0 Å². The molecule has 210 valence electrons. The zero-order valence-corrected chi connectivity index (χ0v) is 23.3. The lowest BCUT2D eigenvalue weighted by atomic mass is 9.74. The molecule has 1 aliphatic heterocycles. The molecular weight excluding hydrogens is 452 g/mol. The average molecular weight is 509 g/mol. The zero-order valence-electron chi connectivity index (χ0n) is 23.3. The van der Waals surface area contributed by atoms with Crippen LogP contribution >= 0.6 is 0 Å². The van der Waals surface area contributed by atoms with E-state index in [9.17, 15) is 10.2 Å². The van der Waals surface area contributed by atoms with Crippen molar-refractivity contribution < 1.29 is 19.7 Å². The van der Waals surface area contributed by atoms with Crippen LogP contribution in [0.2, 0.25) is 0 Å². The van der Waals surface area contributed by atoms with E-state index in [1.165, 1.54) is 70.6 Å². The zero-order chi connectivity index (χ0) is 25.4.